The average molecular weight is 635 g/mol. The van der Waals surface area contributed by atoms with Crippen LogP contribution in [0.2, 0.25) is 0 Å². The molecule has 46 heavy (non-hydrogen) atoms. The Balaban J connectivity index is 1.54. The number of esters is 1. The first-order valence-corrected chi connectivity index (χ1v) is 15.4. The molecular formula is C36H30N2O7S. The maximum atomic E-state index is 14.2. The van der Waals surface area contributed by atoms with Crippen molar-refractivity contribution in [2.24, 2.45) is 4.99 Å². The predicted molar refractivity (Wildman–Crippen MR) is 175 cm³/mol. The van der Waals surface area contributed by atoms with E-state index in [4.69, 9.17) is 23.6 Å². The summed E-state index contributed by atoms with van der Waals surface area (Å²) in [5.41, 5.74) is 3.03. The third kappa shape index (κ3) is 5.70. The van der Waals surface area contributed by atoms with Gasteiger partial charge in [-0.05, 0) is 43.7 Å². The summed E-state index contributed by atoms with van der Waals surface area (Å²) in [7, 11) is 3.07. The first-order valence-electron chi connectivity index (χ1n) is 14.5. The van der Waals surface area contributed by atoms with Crippen LogP contribution in [0.25, 0.3) is 23.1 Å². The number of carbonyl (C=O) groups excluding carboxylic acids is 2. The number of thiazole rings is 1. The molecule has 0 saturated carbocycles. The lowest BCUT2D eigenvalue weighted by Crippen LogP contribution is -2.40. The van der Waals surface area contributed by atoms with Gasteiger partial charge in [0.05, 0.1) is 42.7 Å². The molecule has 3 aromatic carbocycles. The zero-order chi connectivity index (χ0) is 32.4. The highest BCUT2D eigenvalue weighted by molar-refractivity contribution is 7.07. The van der Waals surface area contributed by atoms with Crippen LogP contribution in [0.1, 0.15) is 47.1 Å². The van der Waals surface area contributed by atoms with Crippen LogP contribution in [-0.2, 0) is 9.53 Å². The number of rotatable bonds is 9. The Labute approximate surface area is 268 Å². The SMILES string of the molecule is CCOC(=O)C1=C(c2ccccc2)N=c2s/c(=C\c3ccc(-c4ccc(C(C)=O)cc4)o3)c(=O)n2[C@@H]1c1ccc(OC)c(OC)c1. The number of Topliss-reactive ketones (excluding diaryl/α,β-unsaturated/α-hetero) is 1. The van der Waals surface area contributed by atoms with Gasteiger partial charge in [-0.2, -0.15) is 0 Å². The second kappa shape index (κ2) is 12.9. The topological polar surface area (TPSA) is 109 Å². The molecule has 0 unspecified atom stereocenters. The van der Waals surface area contributed by atoms with E-state index in [2.05, 4.69) is 0 Å². The largest absolute Gasteiger partial charge is 0.493 e. The fourth-order valence-electron chi connectivity index (χ4n) is 5.36. The number of furan rings is 1. The van der Waals surface area contributed by atoms with Gasteiger partial charge in [-0.1, -0.05) is 72.0 Å². The number of ether oxygens (including phenoxy) is 3. The summed E-state index contributed by atoms with van der Waals surface area (Å²) < 4.78 is 24.5. The van der Waals surface area contributed by atoms with Gasteiger partial charge in [-0.25, -0.2) is 9.79 Å². The van der Waals surface area contributed by atoms with Crippen molar-refractivity contribution in [2.45, 2.75) is 19.9 Å². The molecule has 1 aliphatic heterocycles. The molecule has 9 nitrogen and oxygen atoms in total. The first kappa shape index (κ1) is 30.5. The minimum absolute atomic E-state index is 0.0185. The van der Waals surface area contributed by atoms with E-state index in [1.54, 1.807) is 56.5 Å². The quantitative estimate of drug-likeness (QED) is 0.157. The highest BCUT2D eigenvalue weighted by Crippen LogP contribution is 2.38. The maximum Gasteiger partial charge on any atom is 0.338 e. The van der Waals surface area contributed by atoms with Crippen LogP contribution >= 0.6 is 11.3 Å². The number of hydrogen-bond donors (Lipinski definition) is 0. The molecule has 6 rings (SSSR count). The van der Waals surface area contributed by atoms with Crippen molar-refractivity contribution in [2.75, 3.05) is 20.8 Å². The Hall–Kier alpha value is -5.48. The average Bonchev–Trinajstić information content (AvgIpc) is 3.68. The van der Waals surface area contributed by atoms with E-state index in [-0.39, 0.29) is 23.5 Å². The molecule has 0 fully saturated rings. The molecule has 0 N–H and O–H groups in total. The Kier molecular flexibility index (Phi) is 8.54. The molecule has 1 atom stereocenters. The lowest BCUT2D eigenvalue weighted by molar-refractivity contribution is -0.138. The molecule has 0 amide bonds. The van der Waals surface area contributed by atoms with Gasteiger partial charge < -0.3 is 18.6 Å². The van der Waals surface area contributed by atoms with Gasteiger partial charge in [0.1, 0.15) is 11.5 Å². The second-order valence-corrected chi connectivity index (χ2v) is 11.4. The van der Waals surface area contributed by atoms with E-state index in [1.807, 2.05) is 48.5 Å². The Morgan fingerprint density at radius 3 is 2.35 bits per heavy atom. The molecule has 3 heterocycles. The maximum absolute atomic E-state index is 14.2. The predicted octanol–water partition coefficient (Wildman–Crippen LogP) is 5.42. The summed E-state index contributed by atoms with van der Waals surface area (Å²) >= 11 is 1.20. The van der Waals surface area contributed by atoms with E-state index >= 15 is 0 Å². The minimum Gasteiger partial charge on any atom is -0.493 e. The van der Waals surface area contributed by atoms with Crippen LogP contribution in [0.5, 0.6) is 11.5 Å². The summed E-state index contributed by atoms with van der Waals surface area (Å²) in [6.45, 7) is 3.40. The number of nitrogens with zero attached hydrogens (tertiary/aromatic N) is 2. The smallest absolute Gasteiger partial charge is 0.338 e. The fraction of sp³-hybridized carbons (Fsp3) is 0.167. The van der Waals surface area contributed by atoms with E-state index < -0.39 is 12.0 Å². The van der Waals surface area contributed by atoms with E-state index in [0.717, 1.165) is 5.56 Å². The molecule has 5 aromatic rings. The van der Waals surface area contributed by atoms with E-state index in [0.29, 0.717) is 54.7 Å². The first-order chi connectivity index (χ1) is 22.3. The highest BCUT2D eigenvalue weighted by atomic mass is 32.1. The van der Waals surface area contributed by atoms with Crippen LogP contribution in [-0.4, -0.2) is 37.1 Å². The standard InChI is InChI=1S/C36H30N2O7S/c1-5-44-35(41)31-32(24-9-7-6-8-10-24)37-36-38(33(31)25-15-17-28(42-3)29(19-25)43-4)34(40)30(46-36)20-26-16-18-27(45-26)23-13-11-22(12-14-23)21(2)39/h6-20,33H,5H2,1-4H3/b30-20-/t33-/m1/s1. The van der Waals surface area contributed by atoms with Gasteiger partial charge in [0.2, 0.25) is 0 Å². The molecular weight excluding hydrogens is 604 g/mol. The molecule has 0 spiro atoms. The third-order valence-electron chi connectivity index (χ3n) is 7.57. The zero-order valence-corrected chi connectivity index (χ0v) is 26.4. The molecule has 0 saturated heterocycles. The van der Waals surface area contributed by atoms with Crippen molar-refractivity contribution in [1.82, 2.24) is 4.57 Å². The number of ketones is 1. The Morgan fingerprint density at radius 2 is 1.67 bits per heavy atom. The van der Waals surface area contributed by atoms with Crippen molar-refractivity contribution >= 4 is 34.9 Å². The fourth-order valence-corrected chi connectivity index (χ4v) is 6.34. The monoisotopic (exact) mass is 634 g/mol. The number of fused-ring (bicyclic) bond motifs is 1. The normalized spacial score (nSPS) is 14.4. The van der Waals surface area contributed by atoms with Gasteiger partial charge in [-0.3, -0.25) is 14.2 Å². The molecule has 232 valence electrons. The molecule has 2 aromatic heterocycles. The lowest BCUT2D eigenvalue weighted by Gasteiger charge is -2.26. The summed E-state index contributed by atoms with van der Waals surface area (Å²) in [5, 5.41) is 0. The van der Waals surface area contributed by atoms with Crippen LogP contribution in [0.4, 0.5) is 0 Å². The number of aromatic nitrogens is 1. The lowest BCUT2D eigenvalue weighted by atomic mass is 9.93. The summed E-state index contributed by atoms with van der Waals surface area (Å²) in [5.74, 6) is 1.41. The third-order valence-corrected chi connectivity index (χ3v) is 8.56. The summed E-state index contributed by atoms with van der Waals surface area (Å²) in [4.78, 5) is 44.9. The van der Waals surface area contributed by atoms with Crippen LogP contribution in [0.3, 0.4) is 0 Å². The van der Waals surface area contributed by atoms with Crippen molar-refractivity contribution in [3.63, 3.8) is 0 Å². The molecule has 1 aliphatic rings. The van der Waals surface area contributed by atoms with Crippen LogP contribution in [0.15, 0.2) is 105 Å². The van der Waals surface area contributed by atoms with Gasteiger partial charge in [-0.15, -0.1) is 0 Å². The Bertz CT molecular complexity index is 2160. The van der Waals surface area contributed by atoms with Crippen molar-refractivity contribution in [1.29, 1.82) is 0 Å². The molecule has 0 radical (unpaired) electrons. The number of carbonyl (C=O) groups is 2. The van der Waals surface area contributed by atoms with Crippen molar-refractivity contribution < 1.29 is 28.2 Å². The number of benzene rings is 3. The summed E-state index contributed by atoms with van der Waals surface area (Å²) in [6.07, 6.45) is 1.67. The molecule has 0 aliphatic carbocycles. The summed E-state index contributed by atoms with van der Waals surface area (Å²) in [6, 6.07) is 24.5. The van der Waals surface area contributed by atoms with Crippen LogP contribution in [0, 0.1) is 0 Å². The number of hydrogen-bond acceptors (Lipinski definition) is 9. The molecule has 0 bridgehead atoms. The van der Waals surface area contributed by atoms with E-state index in [9.17, 15) is 14.4 Å². The second-order valence-electron chi connectivity index (χ2n) is 10.4. The minimum atomic E-state index is -0.876. The van der Waals surface area contributed by atoms with Crippen molar-refractivity contribution in [3.8, 4) is 22.8 Å². The highest BCUT2D eigenvalue weighted by Gasteiger charge is 2.35. The van der Waals surface area contributed by atoms with Gasteiger partial charge in [0.15, 0.2) is 22.1 Å². The van der Waals surface area contributed by atoms with E-state index in [1.165, 1.54) is 29.9 Å². The zero-order valence-electron chi connectivity index (χ0n) is 25.6. The van der Waals surface area contributed by atoms with Crippen molar-refractivity contribution in [3.05, 3.63) is 133 Å². The Morgan fingerprint density at radius 1 is 0.935 bits per heavy atom. The van der Waals surface area contributed by atoms with Gasteiger partial charge in [0.25, 0.3) is 5.56 Å². The van der Waals surface area contributed by atoms with Gasteiger partial charge in [0, 0.05) is 22.8 Å². The number of methoxy groups -OCH3 is 2. The van der Waals surface area contributed by atoms with Crippen LogP contribution < -0.4 is 24.4 Å². The van der Waals surface area contributed by atoms with Gasteiger partial charge >= 0.3 is 5.97 Å². The molecule has 10 heteroatoms.